The number of carbonyl (C=O) groups excluding carboxylic acids is 4. The molecule has 5 aliphatic heterocycles. The third-order valence-corrected chi connectivity index (χ3v) is 13.0. The molecule has 0 bridgehead atoms. The maximum absolute atomic E-state index is 13.0. The number of nitrogens with zero attached hydrogens (tertiary/aromatic N) is 6. The third kappa shape index (κ3) is 12.9. The number of amides is 4. The first-order valence-electron chi connectivity index (χ1n) is 22.1. The smallest absolute Gasteiger partial charge is 0.411 e. The van der Waals surface area contributed by atoms with Crippen LogP contribution < -0.4 is 5.32 Å². The van der Waals surface area contributed by atoms with Crippen molar-refractivity contribution in [1.29, 1.82) is 0 Å². The molecule has 2 N–H and O–H groups in total. The molecule has 4 amide bonds. The Balaban J connectivity index is 0.000000179. The summed E-state index contributed by atoms with van der Waals surface area (Å²) in [6.07, 6.45) is 3.90. The van der Waals surface area contributed by atoms with E-state index >= 15 is 0 Å². The Morgan fingerprint density at radius 1 is 0.574 bits per heavy atom. The Morgan fingerprint density at radius 2 is 1.02 bits per heavy atom. The van der Waals surface area contributed by atoms with Gasteiger partial charge in [-0.2, -0.15) is 0 Å². The minimum atomic E-state index is -0.971. The van der Waals surface area contributed by atoms with Crippen molar-refractivity contribution in [3.8, 4) is 0 Å². The van der Waals surface area contributed by atoms with E-state index < -0.39 is 24.1 Å². The highest BCUT2D eigenvalue weighted by atomic mass is 16.6. The maximum atomic E-state index is 13.0. The highest BCUT2D eigenvalue weighted by molar-refractivity contribution is 5.87. The predicted molar refractivity (Wildman–Crippen MR) is 232 cm³/mol. The van der Waals surface area contributed by atoms with Gasteiger partial charge in [-0.15, -0.1) is 0 Å². The highest BCUT2D eigenvalue weighted by Gasteiger charge is 2.43. The molecule has 0 aliphatic carbocycles. The Labute approximate surface area is 362 Å². The molecule has 7 rings (SSSR count). The van der Waals surface area contributed by atoms with Gasteiger partial charge in [0.15, 0.2) is 0 Å². The van der Waals surface area contributed by atoms with Crippen molar-refractivity contribution < 1.29 is 38.6 Å². The number of carboxylic acid groups (broad SMARTS) is 1. The predicted octanol–water partition coefficient (Wildman–Crippen LogP) is 4.89. The van der Waals surface area contributed by atoms with E-state index in [0.29, 0.717) is 49.8 Å². The van der Waals surface area contributed by atoms with E-state index in [2.05, 4.69) is 50.0 Å². The first-order chi connectivity index (χ1) is 29.1. The van der Waals surface area contributed by atoms with E-state index in [9.17, 15) is 24.0 Å². The number of likely N-dealkylation sites (N-methyl/N-ethyl adjacent to an activating group) is 2. The van der Waals surface area contributed by atoms with E-state index in [0.717, 1.165) is 63.1 Å². The lowest BCUT2D eigenvalue weighted by Crippen LogP contribution is -2.57. The quantitative estimate of drug-likeness (QED) is 0.392. The van der Waals surface area contributed by atoms with Crippen LogP contribution in [0.2, 0.25) is 0 Å². The second-order valence-electron chi connectivity index (χ2n) is 17.5. The molecule has 0 unspecified atom stereocenters. The zero-order valence-electron chi connectivity index (χ0n) is 37.3. The molecule has 336 valence electrons. The standard InChI is InChI=1S/C20H29N3O3.C14H17NO4.C12H23N3O/c1-15-9-10-18(19(24)22-12-11-21(3)16(2)13-22)23(15)20(25)26-14-17-7-5-4-6-8-17;1-10-7-8-12(13(16)17)15(10)14(18)19-9-11-5-3-2-4-6-11;1-9-4-5-11(13-9)12(16)15-7-6-14(3)10(2)8-15/h4-8,15-16,18H,9-14H2,1-3H3;2-6,10,12H,7-9H2,1H3,(H,16,17);9-11,13H,4-8H2,1-3H3/t15-,16+,18+;10-,12+;9-,10+,11+/m111/s1. The number of piperazine rings is 2. The summed E-state index contributed by atoms with van der Waals surface area (Å²) in [7, 11) is 4.21. The minimum Gasteiger partial charge on any atom is -0.480 e. The van der Waals surface area contributed by atoms with E-state index in [1.54, 1.807) is 4.90 Å². The number of hydrogen-bond acceptors (Lipinski definition) is 10. The van der Waals surface area contributed by atoms with Gasteiger partial charge >= 0.3 is 18.2 Å². The Bertz CT molecular complexity index is 1750. The van der Waals surface area contributed by atoms with Gasteiger partial charge in [0.2, 0.25) is 11.8 Å². The molecule has 2 aromatic rings. The topological polar surface area (TPSA) is 156 Å². The van der Waals surface area contributed by atoms with Gasteiger partial charge in [0.25, 0.3) is 0 Å². The molecule has 0 saturated carbocycles. The van der Waals surface area contributed by atoms with Crippen LogP contribution in [-0.2, 0) is 37.1 Å². The highest BCUT2D eigenvalue weighted by Crippen LogP contribution is 2.28. The monoisotopic (exact) mass is 848 g/mol. The molecule has 5 fully saturated rings. The molecule has 8 atom stereocenters. The lowest BCUT2D eigenvalue weighted by atomic mass is 10.1. The summed E-state index contributed by atoms with van der Waals surface area (Å²) in [6.45, 7) is 15.7. The second kappa shape index (κ2) is 22.4. The van der Waals surface area contributed by atoms with Gasteiger partial charge in [0.1, 0.15) is 25.3 Å². The zero-order chi connectivity index (χ0) is 44.2. The van der Waals surface area contributed by atoms with Crippen LogP contribution in [0.5, 0.6) is 0 Å². The summed E-state index contributed by atoms with van der Waals surface area (Å²) in [5, 5.41) is 12.5. The van der Waals surface area contributed by atoms with Crippen molar-refractivity contribution in [3.63, 3.8) is 0 Å². The fourth-order valence-corrected chi connectivity index (χ4v) is 8.71. The molecule has 15 heteroatoms. The van der Waals surface area contributed by atoms with Gasteiger partial charge in [0.05, 0.1) is 6.04 Å². The van der Waals surface area contributed by atoms with Gasteiger partial charge in [-0.05, 0) is 98.4 Å². The van der Waals surface area contributed by atoms with Crippen molar-refractivity contribution in [1.82, 2.24) is 34.7 Å². The Morgan fingerprint density at radius 3 is 1.44 bits per heavy atom. The first kappa shape index (κ1) is 47.3. The summed E-state index contributed by atoms with van der Waals surface area (Å²) in [4.78, 5) is 72.5. The van der Waals surface area contributed by atoms with Crippen molar-refractivity contribution >= 4 is 30.0 Å². The lowest BCUT2D eigenvalue weighted by Gasteiger charge is -2.40. The average molecular weight is 848 g/mol. The van der Waals surface area contributed by atoms with Crippen LogP contribution in [0.25, 0.3) is 0 Å². The number of rotatable bonds is 7. The largest absolute Gasteiger partial charge is 0.480 e. The number of carboxylic acids is 1. The van der Waals surface area contributed by atoms with Crippen LogP contribution in [-0.4, -0.2) is 166 Å². The van der Waals surface area contributed by atoms with E-state index in [1.807, 2.05) is 84.3 Å². The number of aliphatic carboxylic acids is 1. The first-order valence-corrected chi connectivity index (χ1v) is 22.1. The SMILES string of the molecule is C[C@@H]1CC[C@@H](C(=O)N2CCN(C)[C@@H](C)C2)N1.C[C@@H]1CC[C@@H](C(=O)N2CCN(C)[C@@H](C)C2)N1C(=O)OCc1ccccc1.C[C@@H]1CC[C@@H](C(=O)O)N1C(=O)OCc1ccccc1. The number of likely N-dealkylation sites (tertiary alicyclic amines) is 2. The van der Waals surface area contributed by atoms with Crippen molar-refractivity contribution in [3.05, 3.63) is 71.8 Å². The molecule has 2 aromatic carbocycles. The number of ether oxygens (including phenoxy) is 2. The van der Waals surface area contributed by atoms with E-state index in [1.165, 1.54) is 4.90 Å². The van der Waals surface area contributed by atoms with Gasteiger partial charge in [-0.1, -0.05) is 60.7 Å². The molecular formula is C46H69N7O8. The third-order valence-electron chi connectivity index (χ3n) is 13.0. The summed E-state index contributed by atoms with van der Waals surface area (Å²) in [5.41, 5.74) is 1.83. The van der Waals surface area contributed by atoms with Crippen LogP contribution in [0.15, 0.2) is 60.7 Å². The fraction of sp³-hybridized carbons (Fsp3) is 0.630. The maximum Gasteiger partial charge on any atom is 0.411 e. The molecule has 5 heterocycles. The molecule has 15 nitrogen and oxygen atoms in total. The van der Waals surface area contributed by atoms with Crippen LogP contribution >= 0.6 is 0 Å². The van der Waals surface area contributed by atoms with E-state index in [-0.39, 0.29) is 43.3 Å². The second-order valence-corrected chi connectivity index (χ2v) is 17.5. The summed E-state index contributed by atoms with van der Waals surface area (Å²) in [5.74, 6) is -0.601. The van der Waals surface area contributed by atoms with Crippen LogP contribution in [0.4, 0.5) is 9.59 Å². The minimum absolute atomic E-state index is 0.0251. The average Bonchev–Trinajstić information content (AvgIpc) is 3.99. The molecule has 61 heavy (non-hydrogen) atoms. The fourth-order valence-electron chi connectivity index (χ4n) is 8.71. The number of benzene rings is 2. The van der Waals surface area contributed by atoms with Gasteiger partial charge in [-0.25, -0.2) is 14.4 Å². The van der Waals surface area contributed by atoms with Gasteiger partial charge < -0.3 is 39.5 Å². The normalized spacial score (nSPS) is 28.0. The summed E-state index contributed by atoms with van der Waals surface area (Å²) in [6, 6.07) is 19.1. The van der Waals surface area contributed by atoms with Gasteiger partial charge in [0, 0.05) is 69.5 Å². The van der Waals surface area contributed by atoms with Crippen molar-refractivity contribution in [2.24, 2.45) is 0 Å². The van der Waals surface area contributed by atoms with Crippen LogP contribution in [0, 0.1) is 0 Å². The lowest BCUT2D eigenvalue weighted by molar-refractivity contribution is -0.142. The molecule has 0 radical (unpaired) electrons. The number of carbonyl (C=O) groups is 5. The molecule has 0 aromatic heterocycles. The van der Waals surface area contributed by atoms with Crippen molar-refractivity contribution in [2.75, 3.05) is 53.4 Å². The van der Waals surface area contributed by atoms with Crippen molar-refractivity contribution in [2.45, 2.75) is 135 Å². The van der Waals surface area contributed by atoms with E-state index in [4.69, 9.17) is 14.6 Å². The molecule has 0 spiro atoms. The number of hydrogen-bond donors (Lipinski definition) is 2. The summed E-state index contributed by atoms with van der Waals surface area (Å²) >= 11 is 0. The molecular weight excluding hydrogens is 779 g/mol. The summed E-state index contributed by atoms with van der Waals surface area (Å²) < 4.78 is 10.7. The van der Waals surface area contributed by atoms with Gasteiger partial charge in [-0.3, -0.25) is 19.4 Å². The number of nitrogens with one attached hydrogen (secondary N) is 1. The Kier molecular flexibility index (Phi) is 17.4. The molecule has 5 saturated heterocycles. The molecule has 5 aliphatic rings. The van der Waals surface area contributed by atoms with Crippen LogP contribution in [0.1, 0.15) is 84.3 Å². The zero-order valence-corrected chi connectivity index (χ0v) is 37.3. The van der Waals surface area contributed by atoms with Crippen LogP contribution in [0.3, 0.4) is 0 Å². The Hall–Kier alpha value is -4.73.